The molecular weight excluding hydrogens is 799 g/mol. The molecule has 0 aliphatic rings. The minimum atomic E-state index is 0.00737. The van der Waals surface area contributed by atoms with Gasteiger partial charge in [-0.1, -0.05) is 163 Å². The lowest BCUT2D eigenvalue weighted by molar-refractivity contribution is 0.568. The van der Waals surface area contributed by atoms with Gasteiger partial charge in [-0.15, -0.1) is 11.3 Å². The van der Waals surface area contributed by atoms with Crippen LogP contribution in [0.2, 0.25) is 0 Å². The number of para-hydroxylation sites is 1. The molecule has 0 unspecified atom stereocenters. The second kappa shape index (κ2) is 15.2. The van der Waals surface area contributed by atoms with E-state index in [0.29, 0.717) is 17.5 Å². The van der Waals surface area contributed by atoms with Gasteiger partial charge in [0.25, 0.3) is 0 Å². The molecule has 0 amide bonds. The van der Waals surface area contributed by atoms with Crippen LogP contribution in [0.4, 0.5) is 0 Å². The Labute approximate surface area is 377 Å². The van der Waals surface area contributed by atoms with E-state index < -0.39 is 0 Å². The molecule has 0 spiro atoms. The highest BCUT2D eigenvalue weighted by atomic mass is 32.1. The normalized spacial score (nSPS) is 12.2. The Balaban J connectivity index is 1.05. The van der Waals surface area contributed by atoms with Crippen LogP contribution in [0.5, 0.6) is 0 Å². The average molecular weight is 846 g/mol. The van der Waals surface area contributed by atoms with Crippen molar-refractivity contribution in [3.05, 3.63) is 187 Å². The number of hydrogen-bond donors (Lipinski definition) is 0. The lowest BCUT2D eigenvalue weighted by atomic mass is 9.80. The highest BCUT2D eigenvalue weighted by Gasteiger charge is 2.23. The minimum absolute atomic E-state index is 0.00737. The third-order valence-corrected chi connectivity index (χ3v) is 13.6. The number of benzene rings is 7. The van der Waals surface area contributed by atoms with E-state index in [0.717, 1.165) is 43.3 Å². The van der Waals surface area contributed by atoms with Gasteiger partial charge in [-0.25, -0.2) is 15.0 Å². The van der Waals surface area contributed by atoms with Crippen molar-refractivity contribution in [2.75, 3.05) is 0 Å². The largest absolute Gasteiger partial charge is 0.309 e. The summed E-state index contributed by atoms with van der Waals surface area (Å²) in [5.41, 5.74) is 13.6. The Morgan fingerprint density at radius 1 is 0.406 bits per heavy atom. The van der Waals surface area contributed by atoms with E-state index in [1.807, 2.05) is 48.8 Å². The van der Waals surface area contributed by atoms with Crippen molar-refractivity contribution in [1.29, 1.82) is 0 Å². The van der Waals surface area contributed by atoms with E-state index in [4.69, 9.17) is 19.9 Å². The zero-order chi connectivity index (χ0) is 43.7. The van der Waals surface area contributed by atoms with Crippen molar-refractivity contribution >= 4 is 53.3 Å². The Bertz CT molecular complexity index is 3520. The lowest BCUT2D eigenvalue weighted by Crippen LogP contribution is -2.17. The van der Waals surface area contributed by atoms with E-state index in [9.17, 15) is 0 Å². The van der Waals surface area contributed by atoms with E-state index in [1.54, 1.807) is 11.3 Å². The molecule has 5 nitrogen and oxygen atoms in total. The number of pyridine rings is 1. The molecule has 0 atom stereocenters. The molecule has 0 radical (unpaired) electrons. The Hall–Kier alpha value is -7.28. The van der Waals surface area contributed by atoms with Crippen molar-refractivity contribution in [1.82, 2.24) is 24.5 Å². The molecule has 4 aromatic heterocycles. The predicted octanol–water partition coefficient (Wildman–Crippen LogP) is 15.7. The minimum Gasteiger partial charge on any atom is -0.309 e. The summed E-state index contributed by atoms with van der Waals surface area (Å²) >= 11 is 1.75. The smallest absolute Gasteiger partial charge is 0.166 e. The predicted molar refractivity (Wildman–Crippen MR) is 269 cm³/mol. The maximum atomic E-state index is 5.19. The highest BCUT2D eigenvalue weighted by molar-refractivity contribution is 7.25. The van der Waals surface area contributed by atoms with E-state index in [2.05, 4.69) is 174 Å². The molecule has 6 heteroatoms. The van der Waals surface area contributed by atoms with Crippen LogP contribution in [0.1, 0.15) is 52.7 Å². The second-order valence-electron chi connectivity index (χ2n) is 18.8. The van der Waals surface area contributed by atoms with E-state index in [1.165, 1.54) is 54.4 Å². The molecule has 0 bridgehead atoms. The summed E-state index contributed by atoms with van der Waals surface area (Å²) in [6.07, 6.45) is 3.88. The fourth-order valence-corrected chi connectivity index (χ4v) is 9.98. The maximum Gasteiger partial charge on any atom is 0.166 e. The second-order valence-corrected chi connectivity index (χ2v) is 19.9. The Kier molecular flexibility index (Phi) is 9.40. The number of hydrogen-bond acceptors (Lipinski definition) is 5. The molecule has 0 saturated carbocycles. The van der Waals surface area contributed by atoms with Crippen LogP contribution in [0.25, 0.3) is 104 Å². The van der Waals surface area contributed by atoms with Crippen molar-refractivity contribution in [3.63, 3.8) is 0 Å². The monoisotopic (exact) mass is 845 g/mol. The fourth-order valence-electron chi connectivity index (χ4n) is 8.90. The molecule has 0 N–H and O–H groups in total. The fraction of sp³-hybridized carbons (Fsp3) is 0.138. The number of fused-ring (bicyclic) bond motifs is 6. The zero-order valence-corrected chi connectivity index (χ0v) is 37.7. The van der Waals surface area contributed by atoms with Crippen LogP contribution >= 0.6 is 11.3 Å². The summed E-state index contributed by atoms with van der Waals surface area (Å²) in [6.45, 7) is 13.8. The van der Waals surface area contributed by atoms with Gasteiger partial charge in [-0.2, -0.15) is 0 Å². The van der Waals surface area contributed by atoms with Gasteiger partial charge in [0.05, 0.1) is 15.7 Å². The van der Waals surface area contributed by atoms with Gasteiger partial charge in [0.2, 0.25) is 0 Å². The number of nitrogens with zero attached hydrogens (tertiary/aromatic N) is 5. The molecule has 0 aliphatic heterocycles. The van der Waals surface area contributed by atoms with E-state index >= 15 is 0 Å². The first kappa shape index (κ1) is 39.6. The Morgan fingerprint density at radius 2 is 0.922 bits per heavy atom. The summed E-state index contributed by atoms with van der Waals surface area (Å²) in [6, 6.07) is 58.8. The van der Waals surface area contributed by atoms with E-state index in [-0.39, 0.29) is 10.8 Å². The molecule has 0 fully saturated rings. The van der Waals surface area contributed by atoms with Gasteiger partial charge >= 0.3 is 0 Å². The van der Waals surface area contributed by atoms with Crippen LogP contribution in [0.3, 0.4) is 0 Å². The van der Waals surface area contributed by atoms with Crippen LogP contribution in [0, 0.1) is 0 Å². The molecular formula is C58H47N5S. The molecule has 0 saturated heterocycles. The molecule has 4 heterocycles. The first-order valence-electron chi connectivity index (χ1n) is 21.9. The van der Waals surface area contributed by atoms with Crippen molar-refractivity contribution in [2.24, 2.45) is 0 Å². The summed E-state index contributed by atoms with van der Waals surface area (Å²) in [5, 5.41) is 4.72. The lowest BCUT2D eigenvalue weighted by Gasteiger charge is -2.26. The van der Waals surface area contributed by atoms with Crippen molar-refractivity contribution < 1.29 is 0 Å². The molecule has 7 aromatic carbocycles. The van der Waals surface area contributed by atoms with Crippen LogP contribution in [0.15, 0.2) is 176 Å². The third kappa shape index (κ3) is 7.04. The van der Waals surface area contributed by atoms with Gasteiger partial charge in [-0.3, -0.25) is 4.98 Å². The standard InChI is InChI=1S/C58H47N5S/c1-57(2,3)42-31-43(58(4,5)6)33-44(32-42)63-49-20-14-13-19-45(49)46-29-40(25-27-50(46)63)41-26-28-51-47(30-41)53-48(34-59-35-52(53)64-51)56-61-54(38-17-11-8-12-18-38)60-55(62-56)39-23-21-37(22-24-39)36-15-9-7-10-16-36/h7-35H,1-6H3. The van der Waals surface area contributed by atoms with Gasteiger partial charge in [0, 0.05) is 61.0 Å². The number of rotatable bonds is 6. The first-order chi connectivity index (χ1) is 31.0. The van der Waals surface area contributed by atoms with Gasteiger partial charge in [0.1, 0.15) is 0 Å². The summed E-state index contributed by atoms with van der Waals surface area (Å²) in [7, 11) is 0. The zero-order valence-electron chi connectivity index (χ0n) is 36.9. The highest BCUT2D eigenvalue weighted by Crippen LogP contribution is 2.43. The van der Waals surface area contributed by atoms with Gasteiger partial charge in [0.15, 0.2) is 17.5 Å². The average Bonchev–Trinajstić information content (AvgIpc) is 3.86. The molecule has 310 valence electrons. The molecule has 11 rings (SSSR count). The van der Waals surface area contributed by atoms with Gasteiger partial charge < -0.3 is 4.57 Å². The van der Waals surface area contributed by atoms with Crippen molar-refractivity contribution in [2.45, 2.75) is 52.4 Å². The SMILES string of the molecule is CC(C)(C)c1cc(-n2c3ccccc3c3cc(-c4ccc5sc6cncc(-c7nc(-c8ccccc8)nc(-c8ccc(-c9ccccc9)cc8)n7)c6c5c4)ccc32)cc(C(C)(C)C)c1. The van der Waals surface area contributed by atoms with Crippen LogP contribution < -0.4 is 0 Å². The van der Waals surface area contributed by atoms with Crippen LogP contribution in [-0.4, -0.2) is 24.5 Å². The third-order valence-electron chi connectivity index (χ3n) is 12.5. The maximum absolute atomic E-state index is 5.19. The topological polar surface area (TPSA) is 56.5 Å². The Morgan fingerprint density at radius 3 is 1.59 bits per heavy atom. The summed E-state index contributed by atoms with van der Waals surface area (Å²) in [4.78, 5) is 20.1. The number of thiophene rings is 1. The number of aromatic nitrogens is 5. The summed E-state index contributed by atoms with van der Waals surface area (Å²) in [5.74, 6) is 1.84. The first-order valence-corrected chi connectivity index (χ1v) is 22.8. The van der Waals surface area contributed by atoms with Crippen LogP contribution in [-0.2, 0) is 10.8 Å². The van der Waals surface area contributed by atoms with Gasteiger partial charge in [-0.05, 0) is 86.7 Å². The van der Waals surface area contributed by atoms with Crippen molar-refractivity contribution in [3.8, 4) is 62.1 Å². The molecule has 64 heavy (non-hydrogen) atoms. The molecule has 11 aromatic rings. The quantitative estimate of drug-likeness (QED) is 0.167. The molecule has 0 aliphatic carbocycles. The summed E-state index contributed by atoms with van der Waals surface area (Å²) < 4.78 is 4.73.